The Morgan fingerprint density at radius 3 is 2.75 bits per heavy atom. The fraction of sp³-hybridized carbons (Fsp3) is 0.250. The van der Waals surface area contributed by atoms with Crippen LogP contribution < -0.4 is 10.6 Å². The van der Waals surface area contributed by atoms with Gasteiger partial charge in [-0.2, -0.15) is 0 Å². The third-order valence-corrected chi connectivity index (χ3v) is 3.24. The lowest BCUT2D eigenvalue weighted by molar-refractivity contribution is 0.0946. The van der Waals surface area contributed by atoms with Gasteiger partial charge in [0.05, 0.1) is 0 Å². The first kappa shape index (κ1) is 12.7. The van der Waals surface area contributed by atoms with Gasteiger partial charge in [-0.15, -0.1) is 0 Å². The molecule has 2 N–H and O–H groups in total. The second kappa shape index (κ2) is 5.74. The minimum absolute atomic E-state index is 0.0872. The molecular formula is C16H17N3O. The molecule has 20 heavy (non-hydrogen) atoms. The number of hydrogen-bond acceptors (Lipinski definition) is 3. The Balaban J connectivity index is 1.63. The van der Waals surface area contributed by atoms with Crippen molar-refractivity contribution < 1.29 is 4.79 Å². The summed E-state index contributed by atoms with van der Waals surface area (Å²) in [6.45, 7) is 0.731. The molecule has 0 radical (unpaired) electrons. The van der Waals surface area contributed by atoms with E-state index in [1.165, 1.54) is 5.56 Å². The molecule has 1 heterocycles. The van der Waals surface area contributed by atoms with Crippen LogP contribution in [0.1, 0.15) is 28.9 Å². The lowest BCUT2D eigenvalue weighted by atomic mass is 10.2. The molecule has 0 aliphatic heterocycles. The SMILES string of the molecule is O=C(NC1CC1)c1cc(NCc2ccccc2)ccn1. The number of carbonyl (C=O) groups excluding carboxylic acids is 1. The summed E-state index contributed by atoms with van der Waals surface area (Å²) in [6, 6.07) is 14.2. The zero-order chi connectivity index (χ0) is 13.8. The highest BCUT2D eigenvalue weighted by molar-refractivity contribution is 5.93. The molecule has 0 unspecified atom stereocenters. The number of benzene rings is 1. The predicted octanol–water partition coefficient (Wildman–Crippen LogP) is 2.59. The summed E-state index contributed by atoms with van der Waals surface area (Å²) in [4.78, 5) is 16.0. The third kappa shape index (κ3) is 3.35. The Morgan fingerprint density at radius 1 is 1.20 bits per heavy atom. The van der Waals surface area contributed by atoms with Gasteiger partial charge >= 0.3 is 0 Å². The van der Waals surface area contributed by atoms with Crippen LogP contribution in [0, 0.1) is 0 Å². The number of pyridine rings is 1. The van der Waals surface area contributed by atoms with Gasteiger partial charge in [-0.1, -0.05) is 30.3 Å². The highest BCUT2D eigenvalue weighted by Crippen LogP contribution is 2.19. The van der Waals surface area contributed by atoms with E-state index < -0.39 is 0 Å². The number of carbonyl (C=O) groups is 1. The molecule has 4 heteroatoms. The molecule has 102 valence electrons. The molecule has 0 bridgehead atoms. The number of amides is 1. The van der Waals surface area contributed by atoms with Crippen molar-refractivity contribution in [3.05, 3.63) is 59.9 Å². The van der Waals surface area contributed by atoms with E-state index in [4.69, 9.17) is 0 Å². The maximum Gasteiger partial charge on any atom is 0.270 e. The van der Waals surface area contributed by atoms with Gasteiger partial charge in [0.15, 0.2) is 0 Å². The average Bonchev–Trinajstić information content (AvgIpc) is 3.30. The van der Waals surface area contributed by atoms with E-state index in [1.54, 1.807) is 12.3 Å². The van der Waals surface area contributed by atoms with Crippen molar-refractivity contribution in [1.82, 2.24) is 10.3 Å². The van der Waals surface area contributed by atoms with Crippen LogP contribution in [0.25, 0.3) is 0 Å². The summed E-state index contributed by atoms with van der Waals surface area (Å²) in [5.41, 5.74) is 2.58. The molecule has 1 aliphatic carbocycles. The van der Waals surface area contributed by atoms with E-state index in [0.717, 1.165) is 25.1 Å². The van der Waals surface area contributed by atoms with Crippen molar-refractivity contribution in [3.63, 3.8) is 0 Å². The topological polar surface area (TPSA) is 54.0 Å². The molecule has 1 amide bonds. The molecule has 1 aromatic heterocycles. The normalized spacial score (nSPS) is 13.8. The van der Waals surface area contributed by atoms with Crippen LogP contribution in [0.15, 0.2) is 48.7 Å². The Bertz CT molecular complexity index is 594. The molecule has 0 atom stereocenters. The first-order chi connectivity index (χ1) is 9.81. The van der Waals surface area contributed by atoms with E-state index in [2.05, 4.69) is 27.8 Å². The second-order valence-corrected chi connectivity index (χ2v) is 5.02. The monoisotopic (exact) mass is 267 g/mol. The van der Waals surface area contributed by atoms with Gasteiger partial charge in [0.1, 0.15) is 5.69 Å². The summed E-state index contributed by atoms with van der Waals surface area (Å²) in [5, 5.41) is 6.25. The highest BCUT2D eigenvalue weighted by Gasteiger charge is 2.24. The third-order valence-electron chi connectivity index (χ3n) is 3.24. The minimum atomic E-state index is -0.0872. The molecule has 0 saturated heterocycles. The van der Waals surface area contributed by atoms with Gasteiger partial charge in [-0.3, -0.25) is 9.78 Å². The number of nitrogens with zero attached hydrogens (tertiary/aromatic N) is 1. The van der Waals surface area contributed by atoms with Crippen LogP contribution in [0.5, 0.6) is 0 Å². The molecular weight excluding hydrogens is 250 g/mol. The van der Waals surface area contributed by atoms with Gasteiger partial charge in [0, 0.05) is 24.5 Å². The van der Waals surface area contributed by atoms with E-state index in [9.17, 15) is 4.79 Å². The predicted molar refractivity (Wildman–Crippen MR) is 78.5 cm³/mol. The standard InChI is InChI=1S/C16H17N3O/c20-16(19-13-6-7-13)15-10-14(8-9-17-15)18-11-12-4-2-1-3-5-12/h1-5,8-10,13H,6-7,11H2,(H,17,18)(H,19,20). The van der Waals surface area contributed by atoms with Crippen molar-refractivity contribution in [2.45, 2.75) is 25.4 Å². The lowest BCUT2D eigenvalue weighted by Crippen LogP contribution is -2.26. The zero-order valence-electron chi connectivity index (χ0n) is 11.2. The van der Waals surface area contributed by atoms with Gasteiger partial charge in [-0.05, 0) is 30.5 Å². The van der Waals surface area contributed by atoms with Gasteiger partial charge in [-0.25, -0.2) is 0 Å². The van der Waals surface area contributed by atoms with Crippen molar-refractivity contribution in [1.29, 1.82) is 0 Å². The first-order valence-corrected chi connectivity index (χ1v) is 6.86. The molecule has 4 nitrogen and oxygen atoms in total. The Hall–Kier alpha value is -2.36. The molecule has 1 fully saturated rings. The molecule has 1 aliphatic rings. The summed E-state index contributed by atoms with van der Waals surface area (Å²) in [5.74, 6) is -0.0872. The fourth-order valence-electron chi connectivity index (χ4n) is 1.95. The van der Waals surface area contributed by atoms with Crippen LogP contribution in [-0.2, 0) is 6.54 Å². The van der Waals surface area contributed by atoms with Crippen molar-refractivity contribution >= 4 is 11.6 Å². The Morgan fingerprint density at radius 2 is 2.00 bits per heavy atom. The van der Waals surface area contributed by atoms with E-state index >= 15 is 0 Å². The Labute approximate surface area is 118 Å². The smallest absolute Gasteiger partial charge is 0.270 e. The Kier molecular flexibility index (Phi) is 3.63. The quantitative estimate of drug-likeness (QED) is 0.875. The number of anilines is 1. The molecule has 2 aromatic rings. The largest absolute Gasteiger partial charge is 0.381 e. The summed E-state index contributed by atoms with van der Waals surface area (Å²) >= 11 is 0. The molecule has 0 spiro atoms. The zero-order valence-corrected chi connectivity index (χ0v) is 11.2. The molecule has 3 rings (SSSR count). The van der Waals surface area contributed by atoms with Crippen molar-refractivity contribution in [2.24, 2.45) is 0 Å². The number of aromatic nitrogens is 1. The number of hydrogen-bond donors (Lipinski definition) is 2. The minimum Gasteiger partial charge on any atom is -0.381 e. The van der Waals surface area contributed by atoms with Gasteiger partial charge in [0.25, 0.3) is 5.91 Å². The maximum absolute atomic E-state index is 11.9. The van der Waals surface area contributed by atoms with Crippen LogP contribution in [-0.4, -0.2) is 16.9 Å². The fourth-order valence-corrected chi connectivity index (χ4v) is 1.95. The van der Waals surface area contributed by atoms with Gasteiger partial charge in [0.2, 0.25) is 0 Å². The van der Waals surface area contributed by atoms with Crippen LogP contribution in [0.3, 0.4) is 0 Å². The van der Waals surface area contributed by atoms with E-state index in [1.807, 2.05) is 24.3 Å². The highest BCUT2D eigenvalue weighted by atomic mass is 16.2. The lowest BCUT2D eigenvalue weighted by Gasteiger charge is -2.08. The van der Waals surface area contributed by atoms with Crippen LogP contribution in [0.4, 0.5) is 5.69 Å². The van der Waals surface area contributed by atoms with E-state index in [-0.39, 0.29) is 5.91 Å². The summed E-state index contributed by atoms with van der Waals surface area (Å²) in [6.07, 6.45) is 3.82. The van der Waals surface area contributed by atoms with Crippen LogP contribution >= 0.6 is 0 Å². The average molecular weight is 267 g/mol. The first-order valence-electron chi connectivity index (χ1n) is 6.86. The maximum atomic E-state index is 11.9. The molecule has 1 aromatic carbocycles. The van der Waals surface area contributed by atoms with Crippen molar-refractivity contribution in [2.75, 3.05) is 5.32 Å². The number of nitrogens with one attached hydrogen (secondary N) is 2. The van der Waals surface area contributed by atoms with Crippen molar-refractivity contribution in [3.8, 4) is 0 Å². The second-order valence-electron chi connectivity index (χ2n) is 5.02. The number of rotatable bonds is 5. The molecule has 1 saturated carbocycles. The van der Waals surface area contributed by atoms with Gasteiger partial charge < -0.3 is 10.6 Å². The van der Waals surface area contributed by atoms with Crippen LogP contribution in [0.2, 0.25) is 0 Å². The van der Waals surface area contributed by atoms with E-state index in [0.29, 0.717) is 11.7 Å². The summed E-state index contributed by atoms with van der Waals surface area (Å²) in [7, 11) is 0. The summed E-state index contributed by atoms with van der Waals surface area (Å²) < 4.78 is 0.